The summed E-state index contributed by atoms with van der Waals surface area (Å²) in [6.07, 6.45) is -4.23. The first-order chi connectivity index (χ1) is 12.5. The van der Waals surface area contributed by atoms with E-state index in [0.717, 1.165) is 16.0 Å². The zero-order chi connectivity index (χ0) is 18.6. The Hall–Kier alpha value is -1.80. The molecule has 6 nitrogen and oxygen atoms in total. The van der Waals surface area contributed by atoms with Gasteiger partial charge in [0.2, 0.25) is 5.79 Å². The average Bonchev–Trinajstić information content (AvgIpc) is 2.65. The van der Waals surface area contributed by atoms with E-state index in [9.17, 15) is 20.4 Å². The number of aliphatic hydroxyl groups is 4. The maximum absolute atomic E-state index is 10.8. The molecule has 0 spiro atoms. The van der Waals surface area contributed by atoms with Gasteiger partial charge in [-0.05, 0) is 0 Å². The Morgan fingerprint density at radius 3 is 1.88 bits per heavy atom. The first kappa shape index (κ1) is 19.0. The van der Waals surface area contributed by atoms with Crippen LogP contribution >= 0.6 is 0 Å². The van der Waals surface area contributed by atoms with Crippen LogP contribution in [0.4, 0.5) is 0 Å². The Kier molecular flexibility index (Phi) is 6.03. The Labute approximate surface area is 152 Å². The van der Waals surface area contributed by atoms with Gasteiger partial charge in [-0.2, -0.15) is 0 Å². The van der Waals surface area contributed by atoms with Crippen molar-refractivity contribution in [3.63, 3.8) is 0 Å². The number of quaternary nitrogens is 1. The fourth-order valence-electron chi connectivity index (χ4n) is 3.36. The van der Waals surface area contributed by atoms with Crippen molar-refractivity contribution in [1.29, 1.82) is 0 Å². The summed E-state index contributed by atoms with van der Waals surface area (Å²) < 4.78 is 5.34. The Morgan fingerprint density at radius 1 is 0.885 bits per heavy atom. The zero-order valence-electron chi connectivity index (χ0n) is 14.5. The molecular weight excluding hydrogens is 334 g/mol. The molecule has 0 unspecified atom stereocenters. The van der Waals surface area contributed by atoms with Gasteiger partial charge in [0.15, 0.2) is 0 Å². The van der Waals surface area contributed by atoms with Crippen molar-refractivity contribution in [2.75, 3.05) is 13.2 Å². The van der Waals surface area contributed by atoms with Crippen LogP contribution in [-0.4, -0.2) is 57.7 Å². The van der Waals surface area contributed by atoms with Crippen LogP contribution in [0.5, 0.6) is 0 Å². The van der Waals surface area contributed by atoms with Crippen LogP contribution in [0.25, 0.3) is 0 Å². The summed E-state index contributed by atoms with van der Waals surface area (Å²) in [7, 11) is 0. The van der Waals surface area contributed by atoms with Crippen LogP contribution < -0.4 is 4.90 Å². The predicted molar refractivity (Wildman–Crippen MR) is 95.0 cm³/mol. The second-order valence-electron chi connectivity index (χ2n) is 6.91. The lowest BCUT2D eigenvalue weighted by atomic mass is 9.96. The molecule has 2 aromatic rings. The van der Waals surface area contributed by atoms with E-state index in [2.05, 4.69) is 0 Å². The largest absolute Gasteiger partial charge is 0.388 e. The van der Waals surface area contributed by atoms with Crippen LogP contribution in [0.15, 0.2) is 60.7 Å². The van der Waals surface area contributed by atoms with E-state index in [1.54, 1.807) is 0 Å². The summed E-state index contributed by atoms with van der Waals surface area (Å²) in [6, 6.07) is 19.7. The second kappa shape index (κ2) is 8.26. The van der Waals surface area contributed by atoms with Crippen molar-refractivity contribution in [3.05, 3.63) is 71.8 Å². The van der Waals surface area contributed by atoms with Gasteiger partial charge in [0.1, 0.15) is 37.9 Å². The van der Waals surface area contributed by atoms with Crippen LogP contribution in [0.2, 0.25) is 0 Å². The molecule has 1 fully saturated rings. The summed E-state index contributed by atoms with van der Waals surface area (Å²) in [5.74, 6) is -1.92. The van der Waals surface area contributed by atoms with Gasteiger partial charge in [0, 0.05) is 11.1 Å². The maximum atomic E-state index is 10.8. The summed E-state index contributed by atoms with van der Waals surface area (Å²) >= 11 is 0. The molecule has 1 aliphatic rings. The highest BCUT2D eigenvalue weighted by atomic mass is 16.6. The molecule has 6 heteroatoms. The molecule has 0 aliphatic carbocycles. The summed E-state index contributed by atoms with van der Waals surface area (Å²) in [5, 5.41) is 40.6. The number of benzene rings is 2. The average molecular weight is 360 g/mol. The normalized spacial score (nSPS) is 29.0. The van der Waals surface area contributed by atoms with Gasteiger partial charge in [0.05, 0.1) is 6.61 Å². The van der Waals surface area contributed by atoms with Crippen molar-refractivity contribution in [2.45, 2.75) is 37.2 Å². The highest BCUT2D eigenvalue weighted by molar-refractivity contribution is 5.15. The number of nitrogens with one attached hydrogen (secondary N) is 1. The summed E-state index contributed by atoms with van der Waals surface area (Å²) in [5.41, 5.74) is 2.18. The fourth-order valence-corrected chi connectivity index (χ4v) is 3.36. The molecule has 2 aromatic carbocycles. The van der Waals surface area contributed by atoms with E-state index < -0.39 is 24.1 Å². The molecule has 0 saturated carbocycles. The SMILES string of the molecule is O[C@@H]1[C@H](O)CO[C@@](O)(C[NH+](Cc2ccccc2)Cc2ccccc2)[C@@H]1O. The van der Waals surface area contributed by atoms with Gasteiger partial charge in [0.25, 0.3) is 0 Å². The zero-order valence-corrected chi connectivity index (χ0v) is 14.5. The lowest BCUT2D eigenvalue weighted by molar-refractivity contribution is -0.938. The van der Waals surface area contributed by atoms with Gasteiger partial charge >= 0.3 is 0 Å². The Morgan fingerprint density at radius 2 is 1.38 bits per heavy atom. The van der Waals surface area contributed by atoms with Crippen molar-refractivity contribution >= 4 is 0 Å². The Bertz CT molecular complexity index is 642. The van der Waals surface area contributed by atoms with Gasteiger partial charge in [-0.1, -0.05) is 60.7 Å². The van der Waals surface area contributed by atoms with E-state index in [1.807, 2.05) is 60.7 Å². The predicted octanol–water partition coefficient (Wildman–Crippen LogP) is -0.927. The number of hydrogen-bond acceptors (Lipinski definition) is 5. The molecule has 5 N–H and O–H groups in total. The fraction of sp³-hybridized carbons (Fsp3) is 0.400. The lowest BCUT2D eigenvalue weighted by Crippen LogP contribution is -3.12. The maximum Gasteiger partial charge on any atom is 0.245 e. The molecule has 0 bridgehead atoms. The van der Waals surface area contributed by atoms with E-state index in [-0.39, 0.29) is 13.2 Å². The quantitative estimate of drug-likeness (QED) is 0.459. The highest BCUT2D eigenvalue weighted by Crippen LogP contribution is 2.22. The number of hydrogen-bond donors (Lipinski definition) is 5. The van der Waals surface area contributed by atoms with Gasteiger partial charge in [-0.25, -0.2) is 0 Å². The molecule has 0 amide bonds. The third-order valence-electron chi connectivity index (χ3n) is 4.78. The molecule has 0 radical (unpaired) electrons. The number of ether oxygens (including phenoxy) is 1. The minimum atomic E-state index is -1.92. The third-order valence-corrected chi connectivity index (χ3v) is 4.78. The molecule has 0 aromatic heterocycles. The highest BCUT2D eigenvalue weighted by Gasteiger charge is 2.51. The van der Waals surface area contributed by atoms with Crippen LogP contribution in [0, 0.1) is 0 Å². The lowest BCUT2D eigenvalue weighted by Gasteiger charge is -2.42. The molecule has 1 heterocycles. The van der Waals surface area contributed by atoms with Crippen LogP contribution in [0.1, 0.15) is 11.1 Å². The number of rotatable bonds is 6. The molecular formula is C20H26NO5+. The summed E-state index contributed by atoms with van der Waals surface area (Å²) in [6.45, 7) is 1.08. The molecule has 1 saturated heterocycles. The standard InChI is InChI=1S/C20H25NO5/c22-17-13-26-20(25,19(24)18(17)23)14-21(11-15-7-3-1-4-8-15)12-16-9-5-2-6-10-16/h1-10,17-19,22-25H,11-14H2/p+1/t17-,18-,19-,20+/m1/s1. The summed E-state index contributed by atoms with van der Waals surface area (Å²) in [4.78, 5) is 0.965. The van der Waals surface area contributed by atoms with Crippen molar-refractivity contribution in [2.24, 2.45) is 0 Å². The van der Waals surface area contributed by atoms with Crippen molar-refractivity contribution in [3.8, 4) is 0 Å². The number of aliphatic hydroxyl groups excluding tert-OH is 3. The van der Waals surface area contributed by atoms with E-state index in [0.29, 0.717) is 13.1 Å². The molecule has 1 aliphatic heterocycles. The monoisotopic (exact) mass is 360 g/mol. The first-order valence-corrected chi connectivity index (χ1v) is 8.80. The van der Waals surface area contributed by atoms with E-state index in [4.69, 9.17) is 4.74 Å². The van der Waals surface area contributed by atoms with Crippen LogP contribution in [0.3, 0.4) is 0 Å². The van der Waals surface area contributed by atoms with Gasteiger partial charge in [-0.15, -0.1) is 0 Å². The molecule has 3 rings (SSSR count). The minimum absolute atomic E-state index is 0.0712. The Balaban J connectivity index is 1.78. The molecule has 26 heavy (non-hydrogen) atoms. The third kappa shape index (κ3) is 4.48. The second-order valence-corrected chi connectivity index (χ2v) is 6.91. The van der Waals surface area contributed by atoms with Crippen LogP contribution in [-0.2, 0) is 17.8 Å². The van der Waals surface area contributed by atoms with Crippen molar-refractivity contribution in [1.82, 2.24) is 0 Å². The van der Waals surface area contributed by atoms with Gasteiger partial charge in [-0.3, -0.25) is 0 Å². The van der Waals surface area contributed by atoms with Crippen molar-refractivity contribution < 1.29 is 30.1 Å². The smallest absolute Gasteiger partial charge is 0.245 e. The van der Waals surface area contributed by atoms with E-state index in [1.165, 1.54) is 0 Å². The van der Waals surface area contributed by atoms with Gasteiger partial charge < -0.3 is 30.1 Å². The minimum Gasteiger partial charge on any atom is -0.388 e. The topological polar surface area (TPSA) is 94.6 Å². The molecule has 4 atom stereocenters. The van der Waals surface area contributed by atoms with E-state index >= 15 is 0 Å². The first-order valence-electron chi connectivity index (χ1n) is 8.80. The molecule has 140 valence electrons.